The molecule has 22 heavy (non-hydrogen) atoms. The molecule has 0 aromatic heterocycles. The van der Waals surface area contributed by atoms with Crippen molar-refractivity contribution in [3.63, 3.8) is 0 Å². The summed E-state index contributed by atoms with van der Waals surface area (Å²) < 4.78 is 5.78. The van der Waals surface area contributed by atoms with Crippen molar-refractivity contribution < 1.29 is 9.84 Å². The second-order valence-corrected chi connectivity index (χ2v) is 6.23. The van der Waals surface area contributed by atoms with E-state index in [9.17, 15) is 5.11 Å². The largest absolute Gasteiger partial charge is 0.508 e. The third-order valence-electron chi connectivity index (χ3n) is 3.91. The lowest BCUT2D eigenvalue weighted by Gasteiger charge is -2.22. The highest BCUT2D eigenvalue weighted by molar-refractivity contribution is 5.78. The number of rotatable bonds is 5. The summed E-state index contributed by atoms with van der Waals surface area (Å²) in [5, 5.41) is 9.79. The van der Waals surface area contributed by atoms with E-state index in [2.05, 4.69) is 45.9 Å². The molecule has 0 heterocycles. The van der Waals surface area contributed by atoms with Crippen LogP contribution in [0.2, 0.25) is 0 Å². The zero-order valence-electron chi connectivity index (χ0n) is 14.2. The van der Waals surface area contributed by atoms with Gasteiger partial charge in [-0.15, -0.1) is 0 Å². The molecule has 2 aromatic rings. The second kappa shape index (κ2) is 6.87. The molecule has 2 aromatic carbocycles. The molecule has 0 bridgehead atoms. The van der Waals surface area contributed by atoms with Gasteiger partial charge in [-0.05, 0) is 47.6 Å². The monoisotopic (exact) mass is 298 g/mol. The Morgan fingerprint density at radius 1 is 0.955 bits per heavy atom. The molecular formula is C20H26O2. The van der Waals surface area contributed by atoms with Crippen molar-refractivity contribution in [1.29, 1.82) is 0 Å². The summed E-state index contributed by atoms with van der Waals surface area (Å²) >= 11 is 0. The first-order chi connectivity index (χ1) is 10.5. The lowest BCUT2D eigenvalue weighted by Crippen LogP contribution is -2.02. The first-order valence-corrected chi connectivity index (χ1v) is 8.04. The minimum absolute atomic E-state index is 0.236. The van der Waals surface area contributed by atoms with Crippen molar-refractivity contribution in [3.8, 4) is 22.6 Å². The van der Waals surface area contributed by atoms with E-state index >= 15 is 0 Å². The Morgan fingerprint density at radius 2 is 1.55 bits per heavy atom. The van der Waals surface area contributed by atoms with Gasteiger partial charge in [-0.1, -0.05) is 45.9 Å². The molecule has 0 fully saturated rings. The SMILES string of the molecule is CCOc1cc(O)ccc1-c1c(C(C)C)cccc1C(C)C. The van der Waals surface area contributed by atoms with Crippen molar-refractivity contribution in [2.75, 3.05) is 6.61 Å². The Bertz CT molecular complexity index is 616. The maximum atomic E-state index is 9.79. The maximum absolute atomic E-state index is 9.79. The van der Waals surface area contributed by atoms with Crippen LogP contribution in [0.3, 0.4) is 0 Å². The van der Waals surface area contributed by atoms with Gasteiger partial charge >= 0.3 is 0 Å². The van der Waals surface area contributed by atoms with Gasteiger partial charge < -0.3 is 9.84 Å². The van der Waals surface area contributed by atoms with Crippen LogP contribution in [0.4, 0.5) is 0 Å². The van der Waals surface area contributed by atoms with Crippen LogP contribution < -0.4 is 4.74 Å². The number of phenolic OH excluding ortho intramolecular Hbond substituents is 1. The summed E-state index contributed by atoms with van der Waals surface area (Å²) in [5.41, 5.74) is 4.94. The van der Waals surface area contributed by atoms with Crippen LogP contribution in [0.25, 0.3) is 11.1 Å². The summed E-state index contributed by atoms with van der Waals surface area (Å²) in [5.74, 6) is 1.84. The average molecular weight is 298 g/mol. The Labute approximate surface area is 133 Å². The van der Waals surface area contributed by atoms with Gasteiger partial charge in [0.05, 0.1) is 6.61 Å². The fourth-order valence-electron chi connectivity index (χ4n) is 2.85. The van der Waals surface area contributed by atoms with E-state index in [0.717, 1.165) is 11.3 Å². The topological polar surface area (TPSA) is 29.5 Å². The second-order valence-electron chi connectivity index (χ2n) is 6.23. The van der Waals surface area contributed by atoms with Gasteiger partial charge in [0, 0.05) is 11.6 Å². The zero-order chi connectivity index (χ0) is 16.3. The van der Waals surface area contributed by atoms with E-state index in [1.807, 2.05) is 13.0 Å². The molecule has 0 aliphatic heterocycles. The van der Waals surface area contributed by atoms with Gasteiger partial charge in [-0.2, -0.15) is 0 Å². The molecule has 2 heteroatoms. The lowest BCUT2D eigenvalue weighted by molar-refractivity contribution is 0.339. The van der Waals surface area contributed by atoms with Gasteiger partial charge in [0.2, 0.25) is 0 Å². The summed E-state index contributed by atoms with van der Waals surface area (Å²) in [4.78, 5) is 0. The highest BCUT2D eigenvalue weighted by Crippen LogP contribution is 2.41. The molecular weight excluding hydrogens is 272 g/mol. The molecule has 2 rings (SSSR count). The molecule has 0 aliphatic carbocycles. The zero-order valence-corrected chi connectivity index (χ0v) is 14.2. The smallest absolute Gasteiger partial charge is 0.130 e. The van der Waals surface area contributed by atoms with Crippen molar-refractivity contribution in [2.45, 2.75) is 46.5 Å². The van der Waals surface area contributed by atoms with Crippen LogP contribution in [-0.4, -0.2) is 11.7 Å². The minimum atomic E-state index is 0.236. The van der Waals surface area contributed by atoms with Gasteiger partial charge in [-0.3, -0.25) is 0 Å². The number of hydrogen-bond donors (Lipinski definition) is 1. The Hall–Kier alpha value is -1.96. The normalized spacial score (nSPS) is 11.2. The standard InChI is InChI=1S/C20H26O2/c1-6-22-19-12-15(21)10-11-18(19)20-16(13(2)3)8-7-9-17(20)14(4)5/h7-14,21H,6H2,1-5H3. The minimum Gasteiger partial charge on any atom is -0.508 e. The first-order valence-electron chi connectivity index (χ1n) is 8.04. The number of aromatic hydroxyl groups is 1. The van der Waals surface area contributed by atoms with Gasteiger partial charge in [-0.25, -0.2) is 0 Å². The molecule has 0 spiro atoms. The first kappa shape index (κ1) is 16.4. The number of ether oxygens (including phenoxy) is 1. The molecule has 0 aliphatic rings. The predicted molar refractivity (Wildman–Crippen MR) is 92.9 cm³/mol. The van der Waals surface area contributed by atoms with E-state index in [-0.39, 0.29) is 5.75 Å². The molecule has 0 saturated carbocycles. The number of benzene rings is 2. The Kier molecular flexibility index (Phi) is 5.12. The Balaban J connectivity index is 2.75. The van der Waals surface area contributed by atoms with Crippen LogP contribution in [0.5, 0.6) is 11.5 Å². The molecule has 0 amide bonds. The molecule has 2 nitrogen and oxygen atoms in total. The summed E-state index contributed by atoms with van der Waals surface area (Å²) in [7, 11) is 0. The Morgan fingerprint density at radius 3 is 2.05 bits per heavy atom. The average Bonchev–Trinajstić information content (AvgIpc) is 2.47. The van der Waals surface area contributed by atoms with Gasteiger partial charge in [0.25, 0.3) is 0 Å². The molecule has 0 radical (unpaired) electrons. The van der Waals surface area contributed by atoms with Crippen molar-refractivity contribution in [3.05, 3.63) is 47.5 Å². The van der Waals surface area contributed by atoms with Crippen molar-refractivity contribution in [2.24, 2.45) is 0 Å². The third kappa shape index (κ3) is 3.27. The summed E-state index contributed by atoms with van der Waals surface area (Å²) in [6.07, 6.45) is 0. The molecule has 0 saturated heterocycles. The van der Waals surface area contributed by atoms with Crippen molar-refractivity contribution >= 4 is 0 Å². The van der Waals surface area contributed by atoms with Gasteiger partial charge in [0.15, 0.2) is 0 Å². The summed E-state index contributed by atoms with van der Waals surface area (Å²) in [6.45, 7) is 11.4. The highest BCUT2D eigenvalue weighted by atomic mass is 16.5. The molecule has 0 unspecified atom stereocenters. The van der Waals surface area contributed by atoms with Gasteiger partial charge in [0.1, 0.15) is 11.5 Å². The number of hydrogen-bond acceptors (Lipinski definition) is 2. The summed E-state index contributed by atoms with van der Waals surface area (Å²) in [6, 6.07) is 11.9. The van der Waals surface area contributed by atoms with E-state index in [4.69, 9.17) is 4.74 Å². The predicted octanol–water partition coefficient (Wildman–Crippen LogP) is 5.70. The van der Waals surface area contributed by atoms with E-state index in [1.165, 1.54) is 16.7 Å². The molecule has 0 atom stereocenters. The molecule has 118 valence electrons. The van der Waals surface area contributed by atoms with Crippen LogP contribution >= 0.6 is 0 Å². The maximum Gasteiger partial charge on any atom is 0.130 e. The molecule has 1 N–H and O–H groups in total. The lowest BCUT2D eigenvalue weighted by atomic mass is 9.84. The van der Waals surface area contributed by atoms with Crippen LogP contribution in [0.1, 0.15) is 57.6 Å². The highest BCUT2D eigenvalue weighted by Gasteiger charge is 2.18. The van der Waals surface area contributed by atoms with E-state index < -0.39 is 0 Å². The van der Waals surface area contributed by atoms with Crippen LogP contribution in [-0.2, 0) is 0 Å². The van der Waals surface area contributed by atoms with Crippen LogP contribution in [0.15, 0.2) is 36.4 Å². The fourth-order valence-corrected chi connectivity index (χ4v) is 2.85. The fraction of sp³-hybridized carbons (Fsp3) is 0.400. The van der Waals surface area contributed by atoms with Crippen LogP contribution in [0, 0.1) is 0 Å². The quantitative estimate of drug-likeness (QED) is 0.766. The third-order valence-corrected chi connectivity index (χ3v) is 3.91. The number of phenols is 1. The van der Waals surface area contributed by atoms with E-state index in [0.29, 0.717) is 18.4 Å². The van der Waals surface area contributed by atoms with Crippen molar-refractivity contribution in [1.82, 2.24) is 0 Å². The van der Waals surface area contributed by atoms with E-state index in [1.54, 1.807) is 12.1 Å².